The number of hydrogen-bond donors (Lipinski definition) is 0. The number of piperazine rings is 1. The van der Waals surface area contributed by atoms with Gasteiger partial charge in [0, 0.05) is 38.1 Å². The fourth-order valence-electron chi connectivity index (χ4n) is 4.30. The number of fused-ring (bicyclic) bond motifs is 3. The summed E-state index contributed by atoms with van der Waals surface area (Å²) in [5.74, 6) is 0.336. The summed E-state index contributed by atoms with van der Waals surface area (Å²) >= 11 is 0. The van der Waals surface area contributed by atoms with Crippen molar-refractivity contribution in [2.45, 2.75) is 44.8 Å². The van der Waals surface area contributed by atoms with Gasteiger partial charge in [-0.3, -0.25) is 9.69 Å². The van der Waals surface area contributed by atoms with Crippen LogP contribution in [0.4, 0.5) is 0 Å². The van der Waals surface area contributed by atoms with Crippen LogP contribution in [0.1, 0.15) is 31.7 Å². The third kappa shape index (κ3) is 2.74. The molecule has 0 N–H and O–H groups in total. The van der Waals surface area contributed by atoms with Crippen LogP contribution in [0.15, 0.2) is 42.5 Å². The highest BCUT2D eigenvalue weighted by Gasteiger charge is 2.41. The average molecular weight is 308 g/mol. The van der Waals surface area contributed by atoms with Crippen molar-refractivity contribution < 1.29 is 4.79 Å². The number of rotatable bonds is 3. The molecule has 120 valence electrons. The monoisotopic (exact) mass is 308 g/mol. The Hall–Kier alpha value is -1.87. The Balaban J connectivity index is 1.49. The second-order valence-corrected chi connectivity index (χ2v) is 6.92. The molecule has 1 amide bonds. The van der Waals surface area contributed by atoms with Gasteiger partial charge < -0.3 is 4.90 Å². The summed E-state index contributed by atoms with van der Waals surface area (Å²) in [7, 11) is 0. The summed E-state index contributed by atoms with van der Waals surface area (Å²) in [6, 6.07) is 16.2. The van der Waals surface area contributed by atoms with E-state index in [1.165, 1.54) is 29.2 Å². The van der Waals surface area contributed by atoms with Crippen molar-refractivity contribution in [3.8, 4) is 0 Å². The molecule has 23 heavy (non-hydrogen) atoms. The third-order valence-electron chi connectivity index (χ3n) is 5.37. The summed E-state index contributed by atoms with van der Waals surface area (Å²) in [5, 5.41) is 2.61. The molecule has 0 saturated carbocycles. The van der Waals surface area contributed by atoms with Gasteiger partial charge in [-0.25, -0.2) is 0 Å². The molecule has 2 aliphatic rings. The number of benzene rings is 2. The zero-order valence-corrected chi connectivity index (χ0v) is 13.7. The molecule has 2 fully saturated rings. The SMILES string of the molecule is CCC(=O)N1[C@@H]2CC[C@H]1CN(Cc1ccc3ccccc3c1)C2. The minimum Gasteiger partial charge on any atom is -0.334 e. The van der Waals surface area contributed by atoms with Gasteiger partial charge in [0.15, 0.2) is 0 Å². The summed E-state index contributed by atoms with van der Waals surface area (Å²) in [6.45, 7) is 5.01. The minimum atomic E-state index is 0.336. The highest BCUT2D eigenvalue weighted by Crippen LogP contribution is 2.31. The standard InChI is InChI=1S/C20H24N2O/c1-2-20(23)22-18-9-10-19(22)14-21(13-18)12-15-7-8-16-5-3-4-6-17(16)11-15/h3-8,11,18-19H,2,9-10,12-14H2,1H3/t18-,19+. The number of carbonyl (C=O) groups is 1. The van der Waals surface area contributed by atoms with Gasteiger partial charge in [-0.1, -0.05) is 43.3 Å². The van der Waals surface area contributed by atoms with Gasteiger partial charge in [0.05, 0.1) is 0 Å². The summed E-state index contributed by atoms with van der Waals surface area (Å²) < 4.78 is 0. The molecule has 0 aromatic heterocycles. The second-order valence-electron chi connectivity index (χ2n) is 6.92. The fraction of sp³-hybridized carbons (Fsp3) is 0.450. The molecule has 2 atom stereocenters. The molecule has 2 bridgehead atoms. The first-order chi connectivity index (χ1) is 11.2. The van der Waals surface area contributed by atoms with E-state index >= 15 is 0 Å². The van der Waals surface area contributed by atoms with E-state index in [1.807, 2.05) is 6.92 Å². The van der Waals surface area contributed by atoms with Crippen LogP contribution >= 0.6 is 0 Å². The summed E-state index contributed by atoms with van der Waals surface area (Å²) in [6.07, 6.45) is 2.98. The van der Waals surface area contributed by atoms with Gasteiger partial charge in [0.25, 0.3) is 0 Å². The molecule has 3 nitrogen and oxygen atoms in total. The number of likely N-dealkylation sites (tertiary alicyclic amines) is 1. The lowest BCUT2D eigenvalue weighted by Gasteiger charge is -2.41. The van der Waals surface area contributed by atoms with E-state index in [-0.39, 0.29) is 0 Å². The van der Waals surface area contributed by atoms with Crippen LogP contribution in [0.2, 0.25) is 0 Å². The average Bonchev–Trinajstić information content (AvgIpc) is 2.85. The van der Waals surface area contributed by atoms with Crippen molar-refractivity contribution in [3.05, 3.63) is 48.0 Å². The molecule has 2 aromatic rings. The van der Waals surface area contributed by atoms with E-state index in [9.17, 15) is 4.79 Å². The molecule has 0 unspecified atom stereocenters. The van der Waals surface area contributed by atoms with Crippen LogP contribution in [0.5, 0.6) is 0 Å². The second kappa shape index (κ2) is 5.97. The Labute approximate surface area is 137 Å². The maximum absolute atomic E-state index is 12.1. The Morgan fingerprint density at radius 2 is 1.74 bits per heavy atom. The third-order valence-corrected chi connectivity index (χ3v) is 5.37. The van der Waals surface area contributed by atoms with Crippen molar-refractivity contribution in [2.24, 2.45) is 0 Å². The lowest BCUT2D eigenvalue weighted by atomic mass is 10.1. The first-order valence-corrected chi connectivity index (χ1v) is 8.76. The number of hydrogen-bond acceptors (Lipinski definition) is 2. The van der Waals surface area contributed by atoms with Gasteiger partial charge in [-0.15, -0.1) is 0 Å². The Bertz CT molecular complexity index is 712. The molecule has 2 heterocycles. The minimum absolute atomic E-state index is 0.336. The van der Waals surface area contributed by atoms with E-state index in [1.54, 1.807) is 0 Å². The van der Waals surface area contributed by atoms with Crippen LogP contribution in [0, 0.1) is 0 Å². The van der Waals surface area contributed by atoms with Crippen molar-refractivity contribution >= 4 is 16.7 Å². The molecule has 0 aliphatic carbocycles. The molecule has 2 saturated heterocycles. The van der Waals surface area contributed by atoms with Crippen molar-refractivity contribution in [2.75, 3.05) is 13.1 Å². The molecule has 4 rings (SSSR count). The summed E-state index contributed by atoms with van der Waals surface area (Å²) in [4.78, 5) is 16.9. The maximum atomic E-state index is 12.1. The van der Waals surface area contributed by atoms with Crippen LogP contribution in [0.25, 0.3) is 10.8 Å². The zero-order chi connectivity index (χ0) is 15.8. The zero-order valence-electron chi connectivity index (χ0n) is 13.7. The van der Waals surface area contributed by atoms with Crippen molar-refractivity contribution in [3.63, 3.8) is 0 Å². The Morgan fingerprint density at radius 1 is 1.04 bits per heavy atom. The van der Waals surface area contributed by atoms with Crippen molar-refractivity contribution in [1.82, 2.24) is 9.80 Å². The molecule has 0 spiro atoms. The summed E-state index contributed by atoms with van der Waals surface area (Å²) in [5.41, 5.74) is 1.37. The van der Waals surface area contributed by atoms with E-state index in [4.69, 9.17) is 0 Å². The maximum Gasteiger partial charge on any atom is 0.222 e. The fourth-order valence-corrected chi connectivity index (χ4v) is 4.30. The van der Waals surface area contributed by atoms with Gasteiger partial charge in [0.2, 0.25) is 5.91 Å². The van der Waals surface area contributed by atoms with Crippen LogP contribution in [-0.4, -0.2) is 40.9 Å². The first kappa shape index (κ1) is 14.7. The highest BCUT2D eigenvalue weighted by molar-refractivity contribution is 5.83. The lowest BCUT2D eigenvalue weighted by Crippen LogP contribution is -2.55. The molecular weight excluding hydrogens is 284 g/mol. The van der Waals surface area contributed by atoms with Crippen LogP contribution in [-0.2, 0) is 11.3 Å². The largest absolute Gasteiger partial charge is 0.334 e. The molecule has 2 aromatic carbocycles. The highest BCUT2D eigenvalue weighted by atomic mass is 16.2. The lowest BCUT2D eigenvalue weighted by molar-refractivity contribution is -0.136. The van der Waals surface area contributed by atoms with E-state index in [2.05, 4.69) is 52.3 Å². The Kier molecular flexibility index (Phi) is 3.82. The van der Waals surface area contributed by atoms with E-state index in [0.717, 1.165) is 19.6 Å². The van der Waals surface area contributed by atoms with Gasteiger partial charge >= 0.3 is 0 Å². The van der Waals surface area contributed by atoms with E-state index < -0.39 is 0 Å². The first-order valence-electron chi connectivity index (χ1n) is 8.76. The quantitative estimate of drug-likeness (QED) is 0.867. The van der Waals surface area contributed by atoms with Gasteiger partial charge in [-0.05, 0) is 35.2 Å². The van der Waals surface area contributed by atoms with Gasteiger partial charge in [-0.2, -0.15) is 0 Å². The predicted molar refractivity (Wildman–Crippen MR) is 93.2 cm³/mol. The Morgan fingerprint density at radius 3 is 2.43 bits per heavy atom. The predicted octanol–water partition coefficient (Wildman–Crippen LogP) is 3.43. The van der Waals surface area contributed by atoms with E-state index in [0.29, 0.717) is 24.4 Å². The van der Waals surface area contributed by atoms with Crippen LogP contribution < -0.4 is 0 Å². The molecular formula is C20H24N2O. The van der Waals surface area contributed by atoms with Gasteiger partial charge in [0.1, 0.15) is 0 Å². The molecule has 2 aliphatic heterocycles. The number of nitrogens with zero attached hydrogens (tertiary/aromatic N) is 2. The normalized spacial score (nSPS) is 24.3. The molecule has 3 heteroatoms. The van der Waals surface area contributed by atoms with Crippen LogP contribution in [0.3, 0.4) is 0 Å². The smallest absolute Gasteiger partial charge is 0.222 e. The molecule has 0 radical (unpaired) electrons. The van der Waals surface area contributed by atoms with Crippen molar-refractivity contribution in [1.29, 1.82) is 0 Å². The number of carbonyl (C=O) groups excluding carboxylic acids is 1. The topological polar surface area (TPSA) is 23.6 Å². The number of amides is 1.